The van der Waals surface area contributed by atoms with Crippen LogP contribution in [0.15, 0.2) is 42.5 Å². The second-order valence-electron chi connectivity index (χ2n) is 13.5. The topological polar surface area (TPSA) is 57.2 Å². The Hall–Kier alpha value is -2.01. The van der Waals surface area contributed by atoms with Gasteiger partial charge in [0.15, 0.2) is 13.6 Å². The lowest BCUT2D eigenvalue weighted by Crippen LogP contribution is -2.29. The summed E-state index contributed by atoms with van der Waals surface area (Å²) >= 11 is 13.7. The van der Waals surface area contributed by atoms with Gasteiger partial charge in [-0.1, -0.05) is 104 Å². The molecule has 42 heavy (non-hydrogen) atoms. The zero-order chi connectivity index (χ0) is 31.6. The van der Waals surface area contributed by atoms with Crippen LogP contribution in [0.25, 0.3) is 0 Å². The first-order valence-electron chi connectivity index (χ1n) is 14.0. The molecule has 0 amide bonds. The Bertz CT molecular complexity index is 1330. The lowest BCUT2D eigenvalue weighted by molar-refractivity contribution is 0.0506. The molecule has 3 aromatic rings. The molecule has 0 saturated carbocycles. The van der Waals surface area contributed by atoms with Crippen molar-refractivity contribution >= 4 is 47.0 Å². The number of methoxy groups -OCH3 is 2. The molecule has 0 aliphatic rings. The van der Waals surface area contributed by atoms with E-state index in [0.717, 1.165) is 32.6 Å². The minimum atomic E-state index is -1.54. The van der Waals surface area contributed by atoms with Crippen molar-refractivity contribution in [3.8, 4) is 17.2 Å². The lowest BCUT2D eigenvalue weighted by Gasteiger charge is -2.32. The Labute approximate surface area is 263 Å². The number of halogens is 2. The van der Waals surface area contributed by atoms with Crippen molar-refractivity contribution < 1.29 is 24.1 Å². The summed E-state index contributed by atoms with van der Waals surface area (Å²) in [7, 11) is 1.64. The van der Waals surface area contributed by atoms with Crippen LogP contribution in [0.1, 0.15) is 79.0 Å². The summed E-state index contributed by atoms with van der Waals surface area (Å²) in [6.45, 7) is 19.1. The highest BCUT2D eigenvalue weighted by atomic mass is 35.5. The molecule has 0 aliphatic carbocycles. The Kier molecular flexibility index (Phi) is 10.9. The van der Waals surface area contributed by atoms with E-state index in [-0.39, 0.29) is 35.6 Å². The van der Waals surface area contributed by atoms with Gasteiger partial charge >= 0.3 is 0 Å². The van der Waals surface area contributed by atoms with Crippen molar-refractivity contribution in [2.24, 2.45) is 0 Å². The van der Waals surface area contributed by atoms with Crippen LogP contribution in [-0.4, -0.2) is 32.9 Å². The summed E-state index contributed by atoms with van der Waals surface area (Å²) in [4.78, 5) is 0. The molecule has 3 aromatic carbocycles. The Morgan fingerprint density at radius 2 is 1.02 bits per heavy atom. The zero-order valence-electron chi connectivity index (χ0n) is 26.7. The number of phenolic OH excluding ortho intramolecular Hbond substituents is 1. The maximum Gasteiger partial charge on any atom is 0.188 e. The molecule has 8 heteroatoms. The summed E-state index contributed by atoms with van der Waals surface area (Å²) < 4.78 is 23.5. The molecular weight excluding hydrogens is 590 g/mol. The first-order valence-corrected chi connectivity index (χ1v) is 16.1. The highest BCUT2D eigenvalue weighted by Crippen LogP contribution is 2.49. The van der Waals surface area contributed by atoms with Gasteiger partial charge in [-0.2, -0.15) is 0 Å². The Morgan fingerprint density at radius 1 is 0.619 bits per heavy atom. The van der Waals surface area contributed by atoms with Crippen LogP contribution in [0.5, 0.6) is 17.2 Å². The van der Waals surface area contributed by atoms with Crippen LogP contribution in [-0.2, 0) is 25.7 Å². The third kappa shape index (κ3) is 7.73. The number of para-hydroxylation sites is 1. The molecule has 5 nitrogen and oxygen atoms in total. The van der Waals surface area contributed by atoms with Crippen molar-refractivity contribution in [3.63, 3.8) is 0 Å². The molecule has 0 unspecified atom stereocenters. The van der Waals surface area contributed by atoms with Crippen LogP contribution in [0.3, 0.4) is 0 Å². The van der Waals surface area contributed by atoms with Crippen LogP contribution in [0, 0.1) is 0 Å². The largest absolute Gasteiger partial charge is 0.507 e. The smallest absolute Gasteiger partial charge is 0.188 e. The number of phenols is 1. The monoisotopic (exact) mass is 634 g/mol. The van der Waals surface area contributed by atoms with Gasteiger partial charge in [-0.05, 0) is 54.0 Å². The summed E-state index contributed by atoms with van der Waals surface area (Å²) in [6, 6.07) is 13.6. The van der Waals surface area contributed by atoms with E-state index in [0.29, 0.717) is 21.5 Å². The van der Waals surface area contributed by atoms with E-state index in [1.807, 2.05) is 42.5 Å². The molecule has 3 rings (SSSR count). The molecule has 0 radical (unpaired) electrons. The number of aromatic hydroxyl groups is 1. The van der Waals surface area contributed by atoms with Gasteiger partial charge in [0.05, 0.1) is 0 Å². The second kappa shape index (κ2) is 13.3. The molecule has 0 spiro atoms. The molecule has 0 fully saturated rings. The van der Waals surface area contributed by atoms with Gasteiger partial charge in [0.25, 0.3) is 0 Å². The van der Waals surface area contributed by atoms with Crippen molar-refractivity contribution in [1.29, 1.82) is 0 Å². The number of ether oxygens (including phenoxy) is 4. The molecule has 0 aliphatic heterocycles. The molecule has 0 bridgehead atoms. The second-order valence-corrected chi connectivity index (χ2v) is 16.5. The fourth-order valence-corrected chi connectivity index (χ4v) is 8.10. The van der Waals surface area contributed by atoms with Crippen molar-refractivity contribution in [1.82, 2.24) is 0 Å². The molecule has 0 saturated heterocycles. The molecule has 0 aromatic heterocycles. The maximum absolute atomic E-state index is 12.0. The van der Waals surface area contributed by atoms with E-state index in [9.17, 15) is 5.11 Å². The summed E-state index contributed by atoms with van der Waals surface area (Å²) in [6.07, 6.45) is 0. The van der Waals surface area contributed by atoms with Gasteiger partial charge in [-0.25, -0.2) is 0 Å². The van der Waals surface area contributed by atoms with Crippen molar-refractivity contribution in [3.05, 3.63) is 69.2 Å². The van der Waals surface area contributed by atoms with Gasteiger partial charge < -0.3 is 24.1 Å². The van der Waals surface area contributed by atoms with Gasteiger partial charge in [0.1, 0.15) is 17.2 Å². The van der Waals surface area contributed by atoms with Crippen LogP contribution in [0.4, 0.5) is 0 Å². The normalized spacial score (nSPS) is 12.6. The first-order chi connectivity index (χ1) is 19.4. The minimum absolute atomic E-state index is 0.0463. The van der Waals surface area contributed by atoms with E-state index in [1.165, 1.54) is 0 Å². The predicted octanol–water partition coefficient (Wildman–Crippen LogP) is 8.32. The average Bonchev–Trinajstić information content (AvgIpc) is 2.86. The average molecular weight is 636 g/mol. The van der Waals surface area contributed by atoms with E-state index >= 15 is 0 Å². The lowest BCUT2D eigenvalue weighted by atomic mass is 9.86. The van der Waals surface area contributed by atoms with E-state index in [1.54, 1.807) is 14.2 Å². The van der Waals surface area contributed by atoms with Crippen LogP contribution < -0.4 is 25.4 Å². The number of benzene rings is 3. The highest BCUT2D eigenvalue weighted by Gasteiger charge is 2.35. The fraction of sp³-hybridized carbons (Fsp3) is 0.471. The standard InChI is InChI=1S/C34H45Cl2O5P/c1-32(2,3)23-13-12-14-26(29(23)37)42(27-17-21(35)15-24(33(4,5)6)30(27)40-19-38-10)28-18-22(36)16-25(34(7,8)9)31(28)41-20-39-11/h12-18,37H,19-20H2,1-11H3. The van der Waals surface area contributed by atoms with Crippen LogP contribution >= 0.6 is 31.1 Å². The number of hydrogen-bond donors (Lipinski definition) is 1. The first kappa shape index (κ1) is 34.5. The molecular formula is C34H45Cl2O5P. The maximum atomic E-state index is 12.0. The SMILES string of the molecule is COCOc1c(P(c2cccc(C(C)(C)C)c2O)c2cc(Cl)cc(C(C)(C)C)c2OCOC)cc(Cl)cc1C(C)(C)C. The predicted molar refractivity (Wildman–Crippen MR) is 178 cm³/mol. The zero-order valence-corrected chi connectivity index (χ0v) is 29.1. The number of hydrogen-bond acceptors (Lipinski definition) is 5. The van der Waals surface area contributed by atoms with E-state index in [2.05, 4.69) is 62.3 Å². The minimum Gasteiger partial charge on any atom is -0.507 e. The van der Waals surface area contributed by atoms with Crippen LogP contribution in [0.2, 0.25) is 10.0 Å². The Morgan fingerprint density at radius 3 is 1.38 bits per heavy atom. The summed E-state index contributed by atoms with van der Waals surface area (Å²) in [5, 5.41) is 15.5. The van der Waals surface area contributed by atoms with Gasteiger partial charge in [0, 0.05) is 51.3 Å². The van der Waals surface area contributed by atoms with Gasteiger partial charge in [-0.15, -0.1) is 0 Å². The fourth-order valence-electron chi connectivity index (χ4n) is 4.85. The molecule has 0 heterocycles. The molecule has 230 valence electrons. The van der Waals surface area contributed by atoms with E-state index < -0.39 is 7.92 Å². The third-order valence-corrected chi connectivity index (χ3v) is 9.78. The van der Waals surface area contributed by atoms with Gasteiger partial charge in [-0.3, -0.25) is 0 Å². The third-order valence-electron chi connectivity index (χ3n) is 6.87. The van der Waals surface area contributed by atoms with Crippen molar-refractivity contribution in [2.45, 2.75) is 78.6 Å². The summed E-state index contributed by atoms with van der Waals surface area (Å²) in [5.41, 5.74) is 1.78. The summed E-state index contributed by atoms with van der Waals surface area (Å²) in [5.74, 6) is 1.55. The number of rotatable bonds is 9. The Balaban J connectivity index is 2.61. The quantitative estimate of drug-likeness (QED) is 0.189. The van der Waals surface area contributed by atoms with Crippen molar-refractivity contribution in [2.75, 3.05) is 27.8 Å². The highest BCUT2D eigenvalue weighted by molar-refractivity contribution is 7.80. The van der Waals surface area contributed by atoms with Gasteiger partial charge in [0.2, 0.25) is 0 Å². The van der Waals surface area contributed by atoms with E-state index in [4.69, 9.17) is 42.1 Å². The molecule has 1 N–H and O–H groups in total. The molecule has 0 atom stereocenters.